The molecule has 0 aliphatic carbocycles. The number of thiophene rings is 1. The van der Waals surface area contributed by atoms with Gasteiger partial charge in [0.25, 0.3) is 0 Å². The van der Waals surface area contributed by atoms with Crippen LogP contribution in [-0.2, 0) is 17.7 Å². The SMILES string of the molecule is O=C(c1ccc(CN2CCCC2)cc1)c1c(-c2ccc(CCN3CCOCC3)cc2)sc2cc(O)ccc12. The molecule has 2 aliphatic rings. The van der Waals surface area contributed by atoms with Crippen molar-refractivity contribution in [3.05, 3.63) is 89.0 Å². The van der Waals surface area contributed by atoms with Gasteiger partial charge in [-0.1, -0.05) is 48.5 Å². The van der Waals surface area contributed by atoms with Crippen molar-refractivity contribution in [3.8, 4) is 16.2 Å². The summed E-state index contributed by atoms with van der Waals surface area (Å²) in [4.78, 5) is 19.8. The zero-order valence-electron chi connectivity index (χ0n) is 21.7. The van der Waals surface area contributed by atoms with E-state index in [9.17, 15) is 9.90 Å². The van der Waals surface area contributed by atoms with E-state index in [-0.39, 0.29) is 11.5 Å². The summed E-state index contributed by atoms with van der Waals surface area (Å²) in [5.41, 5.74) is 5.00. The lowest BCUT2D eigenvalue weighted by Gasteiger charge is -2.26. The van der Waals surface area contributed by atoms with Gasteiger partial charge < -0.3 is 9.84 Å². The molecule has 5 nitrogen and oxygen atoms in total. The maximum atomic E-state index is 13.9. The summed E-state index contributed by atoms with van der Waals surface area (Å²) in [5.74, 6) is 0.245. The van der Waals surface area contributed by atoms with Gasteiger partial charge in [0.15, 0.2) is 5.78 Å². The molecular formula is C32H34N2O3S. The molecule has 0 spiro atoms. The normalized spacial score (nSPS) is 16.8. The number of morpholine rings is 1. The highest BCUT2D eigenvalue weighted by atomic mass is 32.1. The molecule has 1 aromatic heterocycles. The Morgan fingerprint density at radius 2 is 1.55 bits per heavy atom. The van der Waals surface area contributed by atoms with Gasteiger partial charge >= 0.3 is 0 Å². The number of hydrogen-bond acceptors (Lipinski definition) is 6. The van der Waals surface area contributed by atoms with Crippen LogP contribution in [0.3, 0.4) is 0 Å². The lowest BCUT2D eigenvalue weighted by atomic mass is 9.96. The van der Waals surface area contributed by atoms with Crippen LogP contribution in [0.2, 0.25) is 0 Å². The van der Waals surface area contributed by atoms with E-state index >= 15 is 0 Å². The van der Waals surface area contributed by atoms with Crippen molar-refractivity contribution in [2.24, 2.45) is 0 Å². The fourth-order valence-electron chi connectivity index (χ4n) is 5.55. The third-order valence-electron chi connectivity index (χ3n) is 7.76. The Hall–Kier alpha value is -3.03. The highest BCUT2D eigenvalue weighted by Crippen LogP contribution is 2.41. The molecule has 0 bridgehead atoms. The van der Waals surface area contributed by atoms with Crippen LogP contribution in [0.1, 0.15) is 39.9 Å². The standard InChI is InChI=1S/C32H34N2O3S/c35-27-11-12-28-29(21-27)38-32(26-9-3-23(4-10-26)13-16-33-17-19-37-20-18-33)30(28)31(36)25-7-5-24(6-8-25)22-34-14-1-2-15-34/h3-12,21,35H,1-2,13-20,22H2. The molecule has 6 heteroatoms. The highest BCUT2D eigenvalue weighted by Gasteiger charge is 2.22. The molecule has 2 saturated heterocycles. The molecule has 1 N–H and O–H groups in total. The van der Waals surface area contributed by atoms with Crippen molar-refractivity contribution in [2.75, 3.05) is 45.9 Å². The molecule has 2 fully saturated rings. The van der Waals surface area contributed by atoms with Crippen molar-refractivity contribution >= 4 is 27.2 Å². The predicted molar refractivity (Wildman–Crippen MR) is 154 cm³/mol. The Bertz CT molecular complexity index is 1400. The van der Waals surface area contributed by atoms with Crippen molar-refractivity contribution in [2.45, 2.75) is 25.8 Å². The number of rotatable bonds is 8. The average Bonchev–Trinajstić information content (AvgIpc) is 3.60. The first-order valence-electron chi connectivity index (χ1n) is 13.6. The van der Waals surface area contributed by atoms with Crippen LogP contribution >= 0.6 is 11.3 Å². The number of carbonyl (C=O) groups is 1. The lowest BCUT2D eigenvalue weighted by molar-refractivity contribution is 0.0384. The van der Waals surface area contributed by atoms with Gasteiger partial charge in [0.05, 0.1) is 13.2 Å². The molecule has 6 rings (SSSR count). The first kappa shape index (κ1) is 25.3. The van der Waals surface area contributed by atoms with Crippen molar-refractivity contribution < 1.29 is 14.6 Å². The molecular weight excluding hydrogens is 492 g/mol. The maximum absolute atomic E-state index is 13.9. The monoisotopic (exact) mass is 526 g/mol. The topological polar surface area (TPSA) is 53.0 Å². The summed E-state index contributed by atoms with van der Waals surface area (Å²) in [7, 11) is 0. The minimum Gasteiger partial charge on any atom is -0.508 e. The van der Waals surface area contributed by atoms with E-state index in [1.54, 1.807) is 23.5 Å². The summed E-state index contributed by atoms with van der Waals surface area (Å²) in [5, 5.41) is 11.0. The van der Waals surface area contributed by atoms with Crippen molar-refractivity contribution in [1.82, 2.24) is 9.80 Å². The van der Waals surface area contributed by atoms with Crippen molar-refractivity contribution in [3.63, 3.8) is 0 Å². The third kappa shape index (κ3) is 5.54. The smallest absolute Gasteiger partial charge is 0.195 e. The average molecular weight is 527 g/mol. The van der Waals surface area contributed by atoms with E-state index in [2.05, 4.69) is 46.2 Å². The van der Waals surface area contributed by atoms with Crippen LogP contribution in [0.25, 0.3) is 20.5 Å². The number of carbonyl (C=O) groups excluding carboxylic acids is 1. The highest BCUT2D eigenvalue weighted by molar-refractivity contribution is 7.22. The van der Waals surface area contributed by atoms with E-state index in [0.29, 0.717) is 5.56 Å². The molecule has 3 heterocycles. The second-order valence-electron chi connectivity index (χ2n) is 10.4. The molecule has 0 amide bonds. The summed E-state index contributed by atoms with van der Waals surface area (Å²) >= 11 is 1.57. The van der Waals surface area contributed by atoms with E-state index in [0.717, 1.165) is 85.0 Å². The van der Waals surface area contributed by atoms with E-state index in [4.69, 9.17) is 4.74 Å². The Labute approximate surface area is 228 Å². The predicted octanol–water partition coefficient (Wildman–Crippen LogP) is 5.98. The molecule has 0 atom stereocenters. The second-order valence-corrected chi connectivity index (χ2v) is 11.4. The number of phenolic OH excluding ortho intramolecular Hbond substituents is 1. The summed E-state index contributed by atoms with van der Waals surface area (Å²) in [6, 6.07) is 22.1. The van der Waals surface area contributed by atoms with Gasteiger partial charge in [-0.15, -0.1) is 11.3 Å². The zero-order chi connectivity index (χ0) is 25.9. The lowest BCUT2D eigenvalue weighted by Crippen LogP contribution is -2.37. The number of ether oxygens (including phenoxy) is 1. The van der Waals surface area contributed by atoms with Crippen LogP contribution in [0.4, 0.5) is 0 Å². The molecule has 0 unspecified atom stereocenters. The fraction of sp³-hybridized carbons (Fsp3) is 0.344. The Morgan fingerprint density at radius 1 is 0.842 bits per heavy atom. The Kier molecular flexibility index (Phi) is 7.56. The first-order chi connectivity index (χ1) is 18.6. The van der Waals surface area contributed by atoms with Gasteiger partial charge in [-0.2, -0.15) is 0 Å². The number of benzene rings is 3. The van der Waals surface area contributed by atoms with E-state index in [1.165, 1.54) is 24.0 Å². The number of hydrogen-bond donors (Lipinski definition) is 1. The zero-order valence-corrected chi connectivity index (χ0v) is 22.5. The number of likely N-dealkylation sites (tertiary alicyclic amines) is 1. The number of ketones is 1. The minimum atomic E-state index is 0.0288. The fourth-order valence-corrected chi connectivity index (χ4v) is 6.79. The van der Waals surface area contributed by atoms with E-state index < -0.39 is 0 Å². The number of phenols is 1. The molecule has 3 aromatic carbocycles. The molecule has 38 heavy (non-hydrogen) atoms. The summed E-state index contributed by atoms with van der Waals surface area (Å²) in [6.07, 6.45) is 3.54. The van der Waals surface area contributed by atoms with Crippen LogP contribution in [0.5, 0.6) is 5.75 Å². The maximum Gasteiger partial charge on any atom is 0.195 e. The Morgan fingerprint density at radius 3 is 2.29 bits per heavy atom. The van der Waals surface area contributed by atoms with Crippen LogP contribution in [0.15, 0.2) is 66.7 Å². The van der Waals surface area contributed by atoms with Crippen LogP contribution in [-0.4, -0.2) is 66.6 Å². The summed E-state index contributed by atoms with van der Waals surface area (Å²) in [6.45, 7) is 7.92. The molecule has 0 radical (unpaired) electrons. The van der Waals surface area contributed by atoms with Crippen LogP contribution in [0, 0.1) is 0 Å². The second kappa shape index (κ2) is 11.4. The van der Waals surface area contributed by atoms with E-state index in [1.807, 2.05) is 18.2 Å². The molecule has 2 aliphatic heterocycles. The third-order valence-corrected chi connectivity index (χ3v) is 8.96. The molecule has 0 saturated carbocycles. The number of aromatic hydroxyl groups is 1. The van der Waals surface area contributed by atoms with Gasteiger partial charge in [-0.05, 0) is 67.2 Å². The quantitative estimate of drug-likeness (QED) is 0.287. The summed E-state index contributed by atoms with van der Waals surface area (Å²) < 4.78 is 6.38. The van der Waals surface area contributed by atoms with Crippen LogP contribution < -0.4 is 0 Å². The number of fused-ring (bicyclic) bond motifs is 1. The van der Waals surface area contributed by atoms with Crippen molar-refractivity contribution in [1.29, 1.82) is 0 Å². The Balaban J connectivity index is 1.26. The van der Waals surface area contributed by atoms with Gasteiger partial charge in [0.1, 0.15) is 5.75 Å². The largest absolute Gasteiger partial charge is 0.508 e. The molecule has 4 aromatic rings. The molecule has 196 valence electrons. The van der Waals surface area contributed by atoms with Gasteiger partial charge in [0, 0.05) is 52.3 Å². The minimum absolute atomic E-state index is 0.0288. The first-order valence-corrected chi connectivity index (χ1v) is 14.5. The van der Waals surface area contributed by atoms with Gasteiger partial charge in [-0.3, -0.25) is 14.6 Å². The number of nitrogens with zero attached hydrogens (tertiary/aromatic N) is 2. The van der Waals surface area contributed by atoms with Gasteiger partial charge in [0.2, 0.25) is 0 Å². The van der Waals surface area contributed by atoms with Gasteiger partial charge in [-0.25, -0.2) is 0 Å².